The molecule has 1 saturated heterocycles. The number of nitrogens with zero attached hydrogens (tertiary/aromatic N) is 3. The second kappa shape index (κ2) is 6.22. The highest BCUT2D eigenvalue weighted by molar-refractivity contribution is 5.92. The number of pyridine rings is 1. The number of aromatic nitrogens is 1. The molecule has 20 heavy (non-hydrogen) atoms. The highest BCUT2D eigenvalue weighted by atomic mass is 16.2. The van der Waals surface area contributed by atoms with Crippen molar-refractivity contribution in [3.63, 3.8) is 0 Å². The van der Waals surface area contributed by atoms with Gasteiger partial charge in [0, 0.05) is 31.7 Å². The fraction of sp³-hybridized carbons (Fsp3) is 0.600. The van der Waals surface area contributed by atoms with Crippen molar-refractivity contribution in [1.29, 1.82) is 0 Å². The number of likely N-dealkylation sites (N-methyl/N-ethyl adjacent to an activating group) is 1. The van der Waals surface area contributed by atoms with E-state index >= 15 is 0 Å². The van der Waals surface area contributed by atoms with Crippen LogP contribution in [-0.2, 0) is 0 Å². The van der Waals surface area contributed by atoms with Crippen molar-refractivity contribution < 1.29 is 4.79 Å². The van der Waals surface area contributed by atoms with E-state index in [0.29, 0.717) is 17.8 Å². The third kappa shape index (κ3) is 3.10. The van der Waals surface area contributed by atoms with Gasteiger partial charge in [0.15, 0.2) is 0 Å². The Bertz CT molecular complexity index is 447. The highest BCUT2D eigenvalue weighted by Gasteiger charge is 2.30. The molecule has 0 saturated carbocycles. The average molecular weight is 276 g/mol. The number of piperazine rings is 1. The van der Waals surface area contributed by atoms with Gasteiger partial charge in [0.2, 0.25) is 0 Å². The van der Waals surface area contributed by atoms with E-state index in [-0.39, 0.29) is 5.91 Å². The van der Waals surface area contributed by atoms with Gasteiger partial charge in [-0.1, -0.05) is 0 Å². The van der Waals surface area contributed by atoms with Gasteiger partial charge >= 0.3 is 0 Å². The minimum atomic E-state index is 0.0276. The molecule has 2 rings (SSSR count). The molecule has 0 bridgehead atoms. The molecule has 1 aliphatic rings. The van der Waals surface area contributed by atoms with E-state index in [1.54, 1.807) is 12.3 Å². The first-order valence-corrected chi connectivity index (χ1v) is 7.24. The van der Waals surface area contributed by atoms with Crippen LogP contribution in [-0.4, -0.2) is 59.5 Å². The lowest BCUT2D eigenvalue weighted by Crippen LogP contribution is -2.56. The van der Waals surface area contributed by atoms with Gasteiger partial charge in [0.1, 0.15) is 5.69 Å². The zero-order valence-corrected chi connectivity index (χ0v) is 12.8. The van der Waals surface area contributed by atoms with Crippen LogP contribution in [0.1, 0.15) is 31.3 Å². The second-order valence-electron chi connectivity index (χ2n) is 5.54. The maximum Gasteiger partial charge on any atom is 0.272 e. The summed E-state index contributed by atoms with van der Waals surface area (Å²) >= 11 is 0. The Hall–Kier alpha value is -1.62. The number of hydrogen-bond donors (Lipinski definition) is 1. The van der Waals surface area contributed by atoms with E-state index in [2.05, 4.69) is 36.1 Å². The predicted octanol–water partition coefficient (Wildman–Crippen LogP) is 1.68. The van der Waals surface area contributed by atoms with Crippen LogP contribution in [0.2, 0.25) is 0 Å². The number of rotatable bonds is 3. The highest BCUT2D eigenvalue weighted by Crippen LogP contribution is 2.16. The smallest absolute Gasteiger partial charge is 0.272 e. The van der Waals surface area contributed by atoms with Crippen LogP contribution in [0.4, 0.5) is 5.69 Å². The minimum absolute atomic E-state index is 0.0276. The van der Waals surface area contributed by atoms with Crippen molar-refractivity contribution in [2.24, 2.45) is 0 Å². The zero-order chi connectivity index (χ0) is 14.7. The first-order valence-electron chi connectivity index (χ1n) is 7.24. The summed E-state index contributed by atoms with van der Waals surface area (Å²) in [6.07, 6.45) is 1.72. The molecule has 1 N–H and O–H groups in total. The number of carbonyl (C=O) groups is 1. The summed E-state index contributed by atoms with van der Waals surface area (Å²) in [5, 5.41) is 3.18. The molecule has 2 unspecified atom stereocenters. The second-order valence-corrected chi connectivity index (χ2v) is 5.54. The molecular formula is C15H24N4O. The van der Waals surface area contributed by atoms with E-state index in [4.69, 9.17) is 0 Å². The Kier molecular flexibility index (Phi) is 4.60. The maximum absolute atomic E-state index is 12.5. The Morgan fingerprint density at radius 2 is 2.00 bits per heavy atom. The third-order valence-corrected chi connectivity index (χ3v) is 4.01. The fourth-order valence-electron chi connectivity index (χ4n) is 2.56. The van der Waals surface area contributed by atoms with Crippen molar-refractivity contribution in [2.45, 2.75) is 32.9 Å². The summed E-state index contributed by atoms with van der Waals surface area (Å²) in [6.45, 7) is 8.70. The SMILES string of the molecule is CCNc1ccc(C(=O)N2CC(C)N(C)C(C)C2)nc1. The van der Waals surface area contributed by atoms with Crippen molar-refractivity contribution in [3.05, 3.63) is 24.0 Å². The Morgan fingerprint density at radius 1 is 1.35 bits per heavy atom. The zero-order valence-electron chi connectivity index (χ0n) is 12.8. The molecule has 0 spiro atoms. The first-order chi connectivity index (χ1) is 9.52. The lowest BCUT2D eigenvalue weighted by molar-refractivity contribution is 0.0409. The topological polar surface area (TPSA) is 48.5 Å². The molecule has 1 amide bonds. The molecule has 1 aromatic rings. The monoisotopic (exact) mass is 276 g/mol. The predicted molar refractivity (Wildman–Crippen MR) is 81.0 cm³/mol. The van der Waals surface area contributed by atoms with Crippen LogP contribution in [0.25, 0.3) is 0 Å². The first kappa shape index (κ1) is 14.8. The van der Waals surface area contributed by atoms with Gasteiger partial charge in [-0.3, -0.25) is 9.69 Å². The van der Waals surface area contributed by atoms with Gasteiger partial charge in [-0.2, -0.15) is 0 Å². The van der Waals surface area contributed by atoms with Crippen molar-refractivity contribution >= 4 is 11.6 Å². The van der Waals surface area contributed by atoms with Gasteiger partial charge in [-0.25, -0.2) is 4.98 Å². The maximum atomic E-state index is 12.5. The third-order valence-electron chi connectivity index (χ3n) is 4.01. The largest absolute Gasteiger partial charge is 0.384 e. The molecule has 1 aromatic heterocycles. The Labute approximate surface area is 121 Å². The van der Waals surface area contributed by atoms with Gasteiger partial charge in [0.25, 0.3) is 5.91 Å². The Balaban J connectivity index is 2.07. The van der Waals surface area contributed by atoms with E-state index in [1.165, 1.54) is 0 Å². The average Bonchev–Trinajstić information content (AvgIpc) is 2.44. The van der Waals surface area contributed by atoms with Gasteiger partial charge in [-0.15, -0.1) is 0 Å². The van der Waals surface area contributed by atoms with Crippen LogP contribution in [0.5, 0.6) is 0 Å². The van der Waals surface area contributed by atoms with Crippen molar-refractivity contribution in [1.82, 2.24) is 14.8 Å². The molecule has 1 aliphatic heterocycles. The van der Waals surface area contributed by atoms with Crippen LogP contribution in [0, 0.1) is 0 Å². The standard InChI is InChI=1S/C15H24N4O/c1-5-16-13-6-7-14(17-8-13)15(20)19-9-11(2)18(4)12(3)10-19/h6-8,11-12,16H,5,9-10H2,1-4H3. The number of hydrogen-bond acceptors (Lipinski definition) is 4. The molecule has 0 radical (unpaired) electrons. The number of nitrogens with one attached hydrogen (secondary N) is 1. The van der Waals surface area contributed by atoms with Gasteiger partial charge < -0.3 is 10.2 Å². The molecule has 5 heteroatoms. The quantitative estimate of drug-likeness (QED) is 0.912. The normalized spacial score (nSPS) is 23.7. The molecule has 110 valence electrons. The lowest BCUT2D eigenvalue weighted by Gasteiger charge is -2.42. The van der Waals surface area contributed by atoms with E-state index in [1.807, 2.05) is 17.9 Å². The van der Waals surface area contributed by atoms with Crippen LogP contribution in [0.3, 0.4) is 0 Å². The van der Waals surface area contributed by atoms with Crippen molar-refractivity contribution in [2.75, 3.05) is 32.0 Å². The van der Waals surface area contributed by atoms with E-state index in [9.17, 15) is 4.79 Å². The van der Waals surface area contributed by atoms with Crippen LogP contribution >= 0.6 is 0 Å². The number of amides is 1. The summed E-state index contributed by atoms with van der Waals surface area (Å²) in [4.78, 5) is 21.0. The molecule has 5 nitrogen and oxygen atoms in total. The molecule has 0 aliphatic carbocycles. The van der Waals surface area contributed by atoms with Crippen LogP contribution in [0.15, 0.2) is 18.3 Å². The number of anilines is 1. The number of carbonyl (C=O) groups excluding carboxylic acids is 1. The summed E-state index contributed by atoms with van der Waals surface area (Å²) < 4.78 is 0. The summed E-state index contributed by atoms with van der Waals surface area (Å²) in [5.74, 6) is 0.0276. The molecule has 2 atom stereocenters. The van der Waals surface area contributed by atoms with Gasteiger partial charge in [-0.05, 0) is 40.0 Å². The summed E-state index contributed by atoms with van der Waals surface area (Å²) in [5.41, 5.74) is 1.47. The van der Waals surface area contributed by atoms with Gasteiger partial charge in [0.05, 0.1) is 11.9 Å². The Morgan fingerprint density at radius 3 is 2.50 bits per heavy atom. The molecule has 2 heterocycles. The van der Waals surface area contributed by atoms with E-state index < -0.39 is 0 Å². The summed E-state index contributed by atoms with van der Waals surface area (Å²) in [7, 11) is 2.11. The fourth-order valence-corrected chi connectivity index (χ4v) is 2.56. The minimum Gasteiger partial charge on any atom is -0.384 e. The lowest BCUT2D eigenvalue weighted by atomic mass is 10.1. The van der Waals surface area contributed by atoms with Crippen LogP contribution < -0.4 is 5.32 Å². The molecule has 1 fully saturated rings. The van der Waals surface area contributed by atoms with E-state index in [0.717, 1.165) is 25.3 Å². The van der Waals surface area contributed by atoms with Crippen molar-refractivity contribution in [3.8, 4) is 0 Å². The molecule has 0 aromatic carbocycles. The molecular weight excluding hydrogens is 252 g/mol. The summed E-state index contributed by atoms with van der Waals surface area (Å²) in [6, 6.07) is 4.47.